The van der Waals surface area contributed by atoms with Crippen molar-refractivity contribution in [3.63, 3.8) is 0 Å². The lowest BCUT2D eigenvalue weighted by Gasteiger charge is -2.35. The number of carbonyl (C=O) groups is 2. The Morgan fingerprint density at radius 3 is 2.18 bits per heavy atom. The summed E-state index contributed by atoms with van der Waals surface area (Å²) in [6.07, 6.45) is 5.30. The lowest BCUT2D eigenvalue weighted by atomic mass is 9.94. The molecule has 0 saturated heterocycles. The zero-order valence-corrected chi connectivity index (χ0v) is 29.5. The largest absolute Gasteiger partial charge is 0.492 e. The third kappa shape index (κ3) is 9.29. The van der Waals surface area contributed by atoms with Crippen molar-refractivity contribution in [2.24, 2.45) is 0 Å². The highest BCUT2D eigenvalue weighted by Crippen LogP contribution is 2.33. The average molecular weight is 682 g/mol. The fraction of sp³-hybridized carbons (Fsp3) is 0.350. The second kappa shape index (κ2) is 16.7. The highest BCUT2D eigenvalue weighted by molar-refractivity contribution is 7.92. The van der Waals surface area contributed by atoms with Crippen molar-refractivity contribution < 1.29 is 22.7 Å². The van der Waals surface area contributed by atoms with Gasteiger partial charge in [0.2, 0.25) is 11.8 Å². The van der Waals surface area contributed by atoms with Crippen molar-refractivity contribution in [1.82, 2.24) is 10.2 Å². The molecule has 1 fully saturated rings. The zero-order valence-electron chi connectivity index (χ0n) is 28.7. The van der Waals surface area contributed by atoms with E-state index in [9.17, 15) is 18.0 Å². The lowest BCUT2D eigenvalue weighted by Crippen LogP contribution is -2.55. The maximum absolute atomic E-state index is 14.8. The van der Waals surface area contributed by atoms with Crippen LogP contribution in [-0.4, -0.2) is 50.4 Å². The van der Waals surface area contributed by atoms with Crippen LogP contribution in [0.25, 0.3) is 0 Å². The van der Waals surface area contributed by atoms with Gasteiger partial charge in [-0.3, -0.25) is 13.9 Å². The zero-order chi connectivity index (χ0) is 34.8. The molecule has 258 valence electrons. The fourth-order valence-electron chi connectivity index (χ4n) is 6.40. The molecule has 0 unspecified atom stereocenters. The van der Waals surface area contributed by atoms with Gasteiger partial charge in [0.15, 0.2) is 0 Å². The summed E-state index contributed by atoms with van der Waals surface area (Å²) < 4.78 is 35.9. The minimum Gasteiger partial charge on any atom is -0.492 e. The molecule has 0 aliphatic heterocycles. The topological polar surface area (TPSA) is 96.0 Å². The first-order valence-electron chi connectivity index (χ1n) is 17.2. The second-order valence-corrected chi connectivity index (χ2v) is 14.6. The van der Waals surface area contributed by atoms with Gasteiger partial charge in [-0.2, -0.15) is 0 Å². The Morgan fingerprint density at radius 2 is 1.49 bits per heavy atom. The number of carbonyl (C=O) groups excluding carboxylic acids is 2. The third-order valence-electron chi connectivity index (χ3n) is 8.98. The van der Waals surface area contributed by atoms with E-state index in [4.69, 9.17) is 4.74 Å². The first-order valence-corrected chi connectivity index (χ1v) is 18.6. The van der Waals surface area contributed by atoms with Gasteiger partial charge in [0.05, 0.1) is 17.2 Å². The van der Waals surface area contributed by atoms with Gasteiger partial charge in [-0.25, -0.2) is 8.42 Å². The van der Waals surface area contributed by atoms with Gasteiger partial charge in [0.25, 0.3) is 10.0 Å². The van der Waals surface area contributed by atoms with E-state index >= 15 is 0 Å². The van der Waals surface area contributed by atoms with E-state index in [1.165, 1.54) is 0 Å². The quantitative estimate of drug-likeness (QED) is 0.155. The molecule has 49 heavy (non-hydrogen) atoms. The molecule has 2 amide bonds. The molecule has 5 rings (SSSR count). The van der Waals surface area contributed by atoms with Crippen LogP contribution in [0.2, 0.25) is 0 Å². The van der Waals surface area contributed by atoms with Gasteiger partial charge in [-0.1, -0.05) is 109 Å². The summed E-state index contributed by atoms with van der Waals surface area (Å²) in [4.78, 5) is 30.8. The van der Waals surface area contributed by atoms with Crippen LogP contribution in [-0.2, 0) is 32.6 Å². The SMILES string of the molecule is CCOc1ccccc1N(CC(=O)N(Cc1cccc(C)c1)[C@@H](Cc1ccccc1)C(=O)NC1CCCCC1)S(=O)(=O)c1ccc(C)cc1. The maximum Gasteiger partial charge on any atom is 0.264 e. The number of sulfonamides is 1. The molecule has 0 aromatic heterocycles. The van der Waals surface area contributed by atoms with Gasteiger partial charge >= 0.3 is 0 Å². The first kappa shape index (κ1) is 35.7. The monoisotopic (exact) mass is 681 g/mol. The minimum absolute atomic E-state index is 0.0342. The van der Waals surface area contributed by atoms with Gasteiger partial charge in [-0.15, -0.1) is 0 Å². The molecule has 1 atom stereocenters. The molecular formula is C40H47N3O5S. The smallest absolute Gasteiger partial charge is 0.264 e. The van der Waals surface area contributed by atoms with Gasteiger partial charge in [-0.05, 0) is 69.0 Å². The van der Waals surface area contributed by atoms with Gasteiger partial charge in [0, 0.05) is 19.0 Å². The van der Waals surface area contributed by atoms with Crippen LogP contribution in [0.5, 0.6) is 5.75 Å². The van der Waals surface area contributed by atoms with E-state index in [-0.39, 0.29) is 35.5 Å². The van der Waals surface area contributed by atoms with E-state index in [0.717, 1.165) is 58.7 Å². The van der Waals surface area contributed by atoms with E-state index < -0.39 is 28.5 Å². The standard InChI is InChI=1S/C40H47N3O5S/c1-4-48-38-21-12-11-20-36(38)43(49(46,47)35-24-22-30(2)23-25-35)29-39(44)42(28-33-17-13-14-31(3)26-33)37(27-32-15-7-5-8-16-32)40(45)41-34-18-9-6-10-19-34/h5,7-8,11-17,20-26,34,37H,4,6,9-10,18-19,27-29H2,1-3H3,(H,41,45)/t37-/m0/s1. The maximum atomic E-state index is 14.8. The number of hydrogen-bond donors (Lipinski definition) is 1. The molecule has 0 spiro atoms. The third-order valence-corrected chi connectivity index (χ3v) is 10.8. The summed E-state index contributed by atoms with van der Waals surface area (Å²) in [5.74, 6) is -0.391. The molecule has 1 aliphatic rings. The van der Waals surface area contributed by atoms with Crippen LogP contribution in [0.4, 0.5) is 5.69 Å². The summed E-state index contributed by atoms with van der Waals surface area (Å²) in [5.41, 5.74) is 3.93. The van der Waals surface area contributed by atoms with Crippen molar-refractivity contribution in [2.45, 2.75) is 82.8 Å². The van der Waals surface area contributed by atoms with Crippen LogP contribution in [0.1, 0.15) is 61.3 Å². The normalized spacial score (nSPS) is 14.1. The number of nitrogens with one attached hydrogen (secondary N) is 1. The minimum atomic E-state index is -4.24. The predicted molar refractivity (Wildman–Crippen MR) is 194 cm³/mol. The number of benzene rings is 4. The number of para-hydroxylation sites is 2. The molecule has 0 bridgehead atoms. The number of ether oxygens (including phenoxy) is 1. The fourth-order valence-corrected chi connectivity index (χ4v) is 7.82. The number of hydrogen-bond acceptors (Lipinski definition) is 5. The summed E-state index contributed by atoms with van der Waals surface area (Å²) in [6, 6.07) is 30.0. The molecule has 8 nitrogen and oxygen atoms in total. The Morgan fingerprint density at radius 1 is 0.816 bits per heavy atom. The van der Waals surface area contributed by atoms with E-state index in [1.54, 1.807) is 53.4 Å². The number of nitrogens with zero attached hydrogens (tertiary/aromatic N) is 2. The summed E-state index contributed by atoms with van der Waals surface area (Å²) >= 11 is 0. The molecule has 4 aromatic carbocycles. The number of rotatable bonds is 14. The number of aryl methyl sites for hydroxylation is 2. The van der Waals surface area contributed by atoms with Gasteiger partial charge in [0.1, 0.15) is 18.3 Å². The van der Waals surface area contributed by atoms with Crippen LogP contribution < -0.4 is 14.4 Å². The molecule has 0 heterocycles. The average Bonchev–Trinajstić information content (AvgIpc) is 3.10. The van der Waals surface area contributed by atoms with Crippen LogP contribution >= 0.6 is 0 Å². The van der Waals surface area contributed by atoms with Crippen molar-refractivity contribution in [1.29, 1.82) is 0 Å². The van der Waals surface area contributed by atoms with Crippen molar-refractivity contribution in [2.75, 3.05) is 17.5 Å². The van der Waals surface area contributed by atoms with Crippen LogP contribution in [0, 0.1) is 13.8 Å². The summed E-state index contributed by atoms with van der Waals surface area (Å²) in [5, 5.41) is 3.26. The van der Waals surface area contributed by atoms with Crippen LogP contribution in [0.3, 0.4) is 0 Å². The highest BCUT2D eigenvalue weighted by atomic mass is 32.2. The van der Waals surface area contributed by atoms with Crippen molar-refractivity contribution in [3.05, 3.63) is 125 Å². The predicted octanol–water partition coefficient (Wildman–Crippen LogP) is 6.99. The highest BCUT2D eigenvalue weighted by Gasteiger charge is 2.36. The molecule has 1 aliphatic carbocycles. The van der Waals surface area contributed by atoms with E-state index in [2.05, 4.69) is 5.32 Å². The van der Waals surface area contributed by atoms with Gasteiger partial charge < -0.3 is 15.0 Å². The Bertz CT molecular complexity index is 1810. The molecular weight excluding hydrogens is 635 g/mol. The second-order valence-electron chi connectivity index (χ2n) is 12.8. The van der Waals surface area contributed by atoms with Crippen molar-refractivity contribution >= 4 is 27.5 Å². The molecule has 4 aromatic rings. The molecule has 9 heteroatoms. The first-order chi connectivity index (χ1) is 23.7. The van der Waals surface area contributed by atoms with E-state index in [0.29, 0.717) is 12.4 Å². The molecule has 1 N–H and O–H groups in total. The summed E-state index contributed by atoms with van der Waals surface area (Å²) in [6.45, 7) is 5.59. The molecule has 0 radical (unpaired) electrons. The number of anilines is 1. The lowest BCUT2D eigenvalue weighted by molar-refractivity contribution is -0.140. The van der Waals surface area contributed by atoms with E-state index in [1.807, 2.05) is 75.4 Å². The Balaban J connectivity index is 1.59. The van der Waals surface area contributed by atoms with Crippen LogP contribution in [0.15, 0.2) is 108 Å². The molecule has 1 saturated carbocycles. The van der Waals surface area contributed by atoms with Crippen molar-refractivity contribution in [3.8, 4) is 5.75 Å². The number of amides is 2. The summed E-state index contributed by atoms with van der Waals surface area (Å²) in [7, 11) is -4.24. The Kier molecular flexibility index (Phi) is 12.1. The Hall–Kier alpha value is -4.63. The Labute approximate surface area is 291 Å².